The van der Waals surface area contributed by atoms with Crippen molar-refractivity contribution < 1.29 is 21.6 Å². The third-order valence-corrected chi connectivity index (χ3v) is 6.24. The summed E-state index contributed by atoms with van der Waals surface area (Å²) in [6.45, 7) is 1.75. The summed E-state index contributed by atoms with van der Waals surface area (Å²) in [5, 5.41) is 0.368. The van der Waals surface area contributed by atoms with Gasteiger partial charge in [0, 0.05) is 5.39 Å². The summed E-state index contributed by atoms with van der Waals surface area (Å²) < 4.78 is 66.6. The Kier molecular flexibility index (Phi) is 6.00. The van der Waals surface area contributed by atoms with Crippen LogP contribution in [-0.4, -0.2) is 30.8 Å². The Hall–Kier alpha value is -2.72. The summed E-state index contributed by atoms with van der Waals surface area (Å²) >= 11 is 0. The van der Waals surface area contributed by atoms with Crippen molar-refractivity contribution in [3.05, 3.63) is 69.8 Å². The molecule has 10 heteroatoms. The second-order valence-corrected chi connectivity index (χ2v) is 8.87. The van der Waals surface area contributed by atoms with Gasteiger partial charge in [-0.25, -0.2) is 17.9 Å². The van der Waals surface area contributed by atoms with Gasteiger partial charge >= 0.3 is 11.9 Å². The molecule has 0 aliphatic heterocycles. The van der Waals surface area contributed by atoms with Gasteiger partial charge in [0.1, 0.15) is 0 Å². The standard InChI is InChI=1S/C20H20F3N3O3S/c1-13-6-3-4-8-17(13)26-18-12-14(20(21,22)23)9-10-15(18)16(25-19(26)27)7-5-11-30(28,29)24-2/h3-4,6,8-10,12,24H,5,7,11H2,1-2H3. The molecule has 0 saturated heterocycles. The lowest BCUT2D eigenvalue weighted by Gasteiger charge is -2.16. The van der Waals surface area contributed by atoms with E-state index in [1.54, 1.807) is 31.2 Å². The van der Waals surface area contributed by atoms with Crippen molar-refractivity contribution in [2.24, 2.45) is 0 Å². The Morgan fingerprint density at radius 1 is 1.13 bits per heavy atom. The molecular weight excluding hydrogens is 419 g/mol. The number of rotatable bonds is 6. The maximum atomic E-state index is 13.3. The monoisotopic (exact) mass is 439 g/mol. The number of alkyl halides is 3. The highest BCUT2D eigenvalue weighted by Crippen LogP contribution is 2.32. The first-order valence-electron chi connectivity index (χ1n) is 9.13. The number of halogens is 3. The van der Waals surface area contributed by atoms with Crippen LogP contribution in [0.3, 0.4) is 0 Å². The molecule has 0 aliphatic rings. The van der Waals surface area contributed by atoms with Gasteiger partial charge < -0.3 is 0 Å². The van der Waals surface area contributed by atoms with Crippen molar-refractivity contribution in [3.8, 4) is 5.69 Å². The first kappa shape index (κ1) is 22.0. The van der Waals surface area contributed by atoms with Crippen LogP contribution in [0.4, 0.5) is 13.2 Å². The van der Waals surface area contributed by atoms with Crippen LogP contribution in [0.25, 0.3) is 16.6 Å². The van der Waals surface area contributed by atoms with Crippen molar-refractivity contribution in [2.45, 2.75) is 25.9 Å². The number of benzene rings is 2. The van der Waals surface area contributed by atoms with Gasteiger partial charge in [0.25, 0.3) is 0 Å². The SMILES string of the molecule is CNS(=O)(=O)CCCc1nc(=O)n(-c2ccccc2C)c2cc(C(F)(F)F)ccc12. The van der Waals surface area contributed by atoms with Crippen molar-refractivity contribution in [2.75, 3.05) is 12.8 Å². The molecule has 3 rings (SSSR count). The fourth-order valence-corrected chi connectivity index (χ4v) is 3.96. The first-order valence-corrected chi connectivity index (χ1v) is 10.8. The smallest absolute Gasteiger partial charge is 0.260 e. The van der Waals surface area contributed by atoms with Crippen LogP contribution in [0.1, 0.15) is 23.2 Å². The Bertz CT molecular complexity index is 1250. The van der Waals surface area contributed by atoms with Gasteiger partial charge in [0.2, 0.25) is 10.0 Å². The highest BCUT2D eigenvalue weighted by molar-refractivity contribution is 7.89. The molecule has 0 atom stereocenters. The Morgan fingerprint density at radius 2 is 1.83 bits per heavy atom. The Morgan fingerprint density at radius 3 is 2.47 bits per heavy atom. The fourth-order valence-electron chi connectivity index (χ4n) is 3.24. The summed E-state index contributed by atoms with van der Waals surface area (Å²) in [5.74, 6) is -0.186. The summed E-state index contributed by atoms with van der Waals surface area (Å²) in [6.07, 6.45) is -4.28. The number of nitrogens with zero attached hydrogens (tertiary/aromatic N) is 2. The fraction of sp³-hybridized carbons (Fsp3) is 0.300. The second kappa shape index (κ2) is 8.19. The molecule has 0 saturated carbocycles. The molecule has 2 aromatic carbocycles. The Balaban J connectivity index is 2.21. The van der Waals surface area contributed by atoms with Crippen LogP contribution in [0.5, 0.6) is 0 Å². The molecule has 0 aliphatic carbocycles. The van der Waals surface area contributed by atoms with E-state index >= 15 is 0 Å². The summed E-state index contributed by atoms with van der Waals surface area (Å²) in [7, 11) is -2.15. The third-order valence-electron chi connectivity index (χ3n) is 4.79. The molecule has 1 aromatic heterocycles. The molecule has 3 aromatic rings. The second-order valence-electron chi connectivity index (χ2n) is 6.82. The predicted molar refractivity (Wildman–Crippen MR) is 108 cm³/mol. The van der Waals surface area contributed by atoms with Gasteiger partial charge in [-0.1, -0.05) is 24.3 Å². The average Bonchev–Trinajstić information content (AvgIpc) is 2.68. The summed E-state index contributed by atoms with van der Waals surface area (Å²) in [5.41, 5.74) is -0.128. The van der Waals surface area contributed by atoms with E-state index < -0.39 is 27.5 Å². The number of aryl methyl sites for hydroxylation is 2. The van der Waals surface area contributed by atoms with Gasteiger partial charge in [-0.3, -0.25) is 4.57 Å². The van der Waals surface area contributed by atoms with Gasteiger partial charge in [-0.2, -0.15) is 18.2 Å². The highest BCUT2D eigenvalue weighted by atomic mass is 32.2. The van der Waals surface area contributed by atoms with Gasteiger partial charge in [-0.15, -0.1) is 0 Å². The van der Waals surface area contributed by atoms with Crippen LogP contribution < -0.4 is 10.4 Å². The van der Waals surface area contributed by atoms with E-state index in [-0.39, 0.29) is 29.8 Å². The number of aromatic nitrogens is 2. The zero-order chi connectivity index (χ0) is 22.1. The van der Waals surface area contributed by atoms with Crippen LogP contribution >= 0.6 is 0 Å². The first-order chi connectivity index (χ1) is 14.0. The molecule has 0 unspecified atom stereocenters. The van der Waals surface area contributed by atoms with E-state index in [1.807, 2.05) is 0 Å². The number of nitrogens with one attached hydrogen (secondary N) is 1. The van der Waals surface area contributed by atoms with Crippen molar-refractivity contribution in [3.63, 3.8) is 0 Å². The zero-order valence-corrected chi connectivity index (χ0v) is 17.1. The van der Waals surface area contributed by atoms with E-state index in [0.29, 0.717) is 16.6 Å². The molecule has 0 spiro atoms. The van der Waals surface area contributed by atoms with Gasteiger partial charge in [-0.05, 0) is 50.6 Å². The van der Waals surface area contributed by atoms with Gasteiger partial charge in [0.05, 0.1) is 28.2 Å². The third kappa shape index (κ3) is 4.54. The highest BCUT2D eigenvalue weighted by Gasteiger charge is 2.31. The van der Waals surface area contributed by atoms with Crippen molar-refractivity contribution in [1.82, 2.24) is 14.3 Å². The van der Waals surface area contributed by atoms with E-state index in [0.717, 1.165) is 16.7 Å². The Labute approximate surface area is 171 Å². The molecule has 0 bridgehead atoms. The lowest BCUT2D eigenvalue weighted by Crippen LogP contribution is -2.25. The number of fused-ring (bicyclic) bond motifs is 1. The number of para-hydroxylation sites is 1. The van der Waals surface area contributed by atoms with Crippen LogP contribution in [-0.2, 0) is 22.6 Å². The largest absolute Gasteiger partial charge is 0.416 e. The minimum atomic E-state index is -4.58. The molecule has 0 fully saturated rings. The number of hydrogen-bond acceptors (Lipinski definition) is 4. The van der Waals surface area contributed by atoms with Crippen molar-refractivity contribution in [1.29, 1.82) is 0 Å². The van der Waals surface area contributed by atoms with Crippen molar-refractivity contribution >= 4 is 20.9 Å². The summed E-state index contributed by atoms with van der Waals surface area (Å²) in [6, 6.07) is 9.97. The number of hydrogen-bond donors (Lipinski definition) is 1. The maximum absolute atomic E-state index is 13.3. The topological polar surface area (TPSA) is 81.1 Å². The molecule has 1 heterocycles. The van der Waals surface area contributed by atoms with Crippen LogP contribution in [0.15, 0.2) is 47.3 Å². The normalized spacial score (nSPS) is 12.4. The minimum absolute atomic E-state index is 0.0746. The maximum Gasteiger partial charge on any atom is 0.416 e. The van der Waals surface area contributed by atoms with E-state index in [1.165, 1.54) is 13.1 Å². The van der Waals surface area contributed by atoms with E-state index in [2.05, 4.69) is 9.71 Å². The molecular formula is C20H20F3N3O3S. The zero-order valence-electron chi connectivity index (χ0n) is 16.3. The molecule has 0 amide bonds. The van der Waals surface area contributed by atoms with Crippen LogP contribution in [0, 0.1) is 6.92 Å². The molecule has 30 heavy (non-hydrogen) atoms. The van der Waals surface area contributed by atoms with E-state index in [4.69, 9.17) is 0 Å². The van der Waals surface area contributed by atoms with Gasteiger partial charge in [0.15, 0.2) is 0 Å². The molecule has 1 N–H and O–H groups in total. The summed E-state index contributed by atoms with van der Waals surface area (Å²) in [4.78, 5) is 16.9. The molecule has 160 valence electrons. The number of sulfonamides is 1. The lowest BCUT2D eigenvalue weighted by molar-refractivity contribution is -0.137. The average molecular weight is 439 g/mol. The quantitative estimate of drug-likeness (QED) is 0.640. The lowest BCUT2D eigenvalue weighted by atomic mass is 10.1. The molecule has 0 radical (unpaired) electrons. The molecule has 6 nitrogen and oxygen atoms in total. The minimum Gasteiger partial charge on any atom is -0.260 e. The van der Waals surface area contributed by atoms with Crippen LogP contribution in [0.2, 0.25) is 0 Å². The van der Waals surface area contributed by atoms with E-state index in [9.17, 15) is 26.4 Å². The predicted octanol–water partition coefficient (Wildman–Crippen LogP) is 3.19.